The van der Waals surface area contributed by atoms with Gasteiger partial charge in [0.05, 0.1) is 19.6 Å². The molecule has 1 heterocycles. The molecule has 1 saturated heterocycles. The smallest absolute Gasteiger partial charge is 0.163 e. The number of morpholine rings is 1. The van der Waals surface area contributed by atoms with Gasteiger partial charge in [-0.05, 0) is 47.6 Å². The molecule has 0 saturated carbocycles. The van der Waals surface area contributed by atoms with Crippen LogP contribution in [0, 0.1) is 0 Å². The maximum atomic E-state index is 12.2. The largest absolute Gasteiger partial charge is 0.508 e. The van der Waals surface area contributed by atoms with E-state index in [4.69, 9.17) is 4.74 Å². The number of para-hydroxylation sites is 1. The molecular formula is C23H23NO4. The van der Waals surface area contributed by atoms with Gasteiger partial charge in [0.1, 0.15) is 5.75 Å². The summed E-state index contributed by atoms with van der Waals surface area (Å²) in [5, 5.41) is 9.26. The standard InChI is InChI=1S/C23H23NO4/c25-20-9-5-18(6-10-20)7-11-21(26)17-22(27)12-8-19-3-1-2-4-23(19)24-13-15-28-16-14-24/h1-12,25H,13-17H2/b11-7+,12-8+. The molecule has 0 bridgehead atoms. The van der Waals surface area contributed by atoms with Gasteiger partial charge >= 0.3 is 0 Å². The zero-order valence-electron chi connectivity index (χ0n) is 15.6. The monoisotopic (exact) mass is 377 g/mol. The van der Waals surface area contributed by atoms with Crippen LogP contribution in [0.25, 0.3) is 12.2 Å². The van der Waals surface area contributed by atoms with Gasteiger partial charge in [-0.15, -0.1) is 0 Å². The number of phenolic OH excluding ortho intramolecular Hbond substituents is 1. The Labute approximate surface area is 164 Å². The van der Waals surface area contributed by atoms with Crippen LogP contribution in [0.5, 0.6) is 5.75 Å². The molecular weight excluding hydrogens is 354 g/mol. The predicted molar refractivity (Wildman–Crippen MR) is 110 cm³/mol. The quantitative estimate of drug-likeness (QED) is 0.591. The molecule has 0 spiro atoms. The van der Waals surface area contributed by atoms with E-state index in [2.05, 4.69) is 4.90 Å². The summed E-state index contributed by atoms with van der Waals surface area (Å²) in [4.78, 5) is 26.4. The molecule has 5 heteroatoms. The average Bonchev–Trinajstić information content (AvgIpc) is 2.73. The number of carbonyl (C=O) groups excluding carboxylic acids is 2. The Kier molecular flexibility index (Phi) is 6.76. The van der Waals surface area contributed by atoms with E-state index < -0.39 is 0 Å². The van der Waals surface area contributed by atoms with E-state index in [9.17, 15) is 14.7 Å². The lowest BCUT2D eigenvalue weighted by atomic mass is 10.1. The first-order chi connectivity index (χ1) is 13.6. The molecule has 5 nitrogen and oxygen atoms in total. The number of allylic oxidation sites excluding steroid dienone is 2. The van der Waals surface area contributed by atoms with E-state index in [-0.39, 0.29) is 23.7 Å². The highest BCUT2D eigenvalue weighted by molar-refractivity contribution is 6.11. The zero-order valence-corrected chi connectivity index (χ0v) is 15.6. The van der Waals surface area contributed by atoms with Crippen molar-refractivity contribution in [2.45, 2.75) is 6.42 Å². The fourth-order valence-corrected chi connectivity index (χ4v) is 2.97. The van der Waals surface area contributed by atoms with Crippen molar-refractivity contribution >= 4 is 29.4 Å². The molecule has 0 unspecified atom stereocenters. The lowest BCUT2D eigenvalue weighted by molar-refractivity contribution is -0.121. The average molecular weight is 377 g/mol. The molecule has 0 radical (unpaired) electrons. The van der Waals surface area contributed by atoms with Crippen molar-refractivity contribution in [3.05, 3.63) is 71.8 Å². The van der Waals surface area contributed by atoms with Crippen LogP contribution in [0.1, 0.15) is 17.5 Å². The Bertz CT molecular complexity index is 878. The topological polar surface area (TPSA) is 66.8 Å². The second-order valence-corrected chi connectivity index (χ2v) is 6.53. The van der Waals surface area contributed by atoms with Gasteiger partial charge in [-0.2, -0.15) is 0 Å². The number of phenols is 1. The fourth-order valence-electron chi connectivity index (χ4n) is 2.97. The third-order valence-corrected chi connectivity index (χ3v) is 4.44. The summed E-state index contributed by atoms with van der Waals surface area (Å²) >= 11 is 0. The van der Waals surface area contributed by atoms with E-state index in [0.717, 1.165) is 29.9 Å². The van der Waals surface area contributed by atoms with E-state index in [1.165, 1.54) is 12.2 Å². The van der Waals surface area contributed by atoms with E-state index >= 15 is 0 Å². The second-order valence-electron chi connectivity index (χ2n) is 6.53. The van der Waals surface area contributed by atoms with Crippen LogP contribution in [0.3, 0.4) is 0 Å². The summed E-state index contributed by atoms with van der Waals surface area (Å²) in [5.74, 6) is -0.331. The van der Waals surface area contributed by atoms with Crippen molar-refractivity contribution in [1.82, 2.24) is 0 Å². The first-order valence-electron chi connectivity index (χ1n) is 9.24. The predicted octanol–water partition coefficient (Wildman–Crippen LogP) is 3.48. The van der Waals surface area contributed by atoms with Crippen LogP contribution >= 0.6 is 0 Å². The minimum absolute atomic E-state index is 0.168. The Balaban J connectivity index is 1.59. The van der Waals surface area contributed by atoms with Crippen molar-refractivity contribution in [3.63, 3.8) is 0 Å². The molecule has 0 aromatic heterocycles. The molecule has 144 valence electrons. The molecule has 1 fully saturated rings. The van der Waals surface area contributed by atoms with Crippen LogP contribution < -0.4 is 4.90 Å². The van der Waals surface area contributed by atoms with Crippen molar-refractivity contribution < 1.29 is 19.4 Å². The van der Waals surface area contributed by atoms with Crippen molar-refractivity contribution in [3.8, 4) is 5.75 Å². The highest BCUT2D eigenvalue weighted by Gasteiger charge is 2.13. The Morgan fingerprint density at radius 2 is 1.57 bits per heavy atom. The second kappa shape index (κ2) is 9.67. The maximum absolute atomic E-state index is 12.2. The molecule has 0 atom stereocenters. The Hall–Kier alpha value is -3.18. The van der Waals surface area contributed by atoms with Gasteiger partial charge in [0.15, 0.2) is 11.6 Å². The van der Waals surface area contributed by atoms with Crippen molar-refractivity contribution in [2.24, 2.45) is 0 Å². The third-order valence-electron chi connectivity index (χ3n) is 4.44. The maximum Gasteiger partial charge on any atom is 0.163 e. The van der Waals surface area contributed by atoms with Crippen LogP contribution in [0.2, 0.25) is 0 Å². The van der Waals surface area contributed by atoms with Crippen molar-refractivity contribution in [1.29, 1.82) is 0 Å². The van der Waals surface area contributed by atoms with Crippen LogP contribution in [0.4, 0.5) is 5.69 Å². The van der Waals surface area contributed by atoms with Gasteiger partial charge in [-0.1, -0.05) is 36.4 Å². The first-order valence-corrected chi connectivity index (χ1v) is 9.24. The summed E-state index contributed by atoms with van der Waals surface area (Å²) < 4.78 is 5.39. The highest BCUT2D eigenvalue weighted by atomic mass is 16.5. The van der Waals surface area contributed by atoms with Crippen molar-refractivity contribution in [2.75, 3.05) is 31.2 Å². The number of rotatable bonds is 7. The number of benzene rings is 2. The zero-order chi connectivity index (χ0) is 19.8. The number of hydrogen-bond acceptors (Lipinski definition) is 5. The number of anilines is 1. The van der Waals surface area contributed by atoms with E-state index in [1.807, 2.05) is 24.3 Å². The number of carbonyl (C=O) groups is 2. The Morgan fingerprint density at radius 1 is 0.929 bits per heavy atom. The third kappa shape index (κ3) is 5.66. The summed E-state index contributed by atoms with van der Waals surface area (Å²) in [6.45, 7) is 3.02. The van der Waals surface area contributed by atoms with Gasteiger partial charge in [0.25, 0.3) is 0 Å². The van der Waals surface area contributed by atoms with Gasteiger partial charge in [-0.25, -0.2) is 0 Å². The van der Waals surface area contributed by atoms with E-state index in [1.54, 1.807) is 36.4 Å². The lowest BCUT2D eigenvalue weighted by Gasteiger charge is -2.30. The minimum atomic E-state index is -0.260. The number of ketones is 2. The lowest BCUT2D eigenvalue weighted by Crippen LogP contribution is -2.36. The molecule has 3 rings (SSSR count). The van der Waals surface area contributed by atoms with Crippen LogP contribution in [-0.2, 0) is 14.3 Å². The summed E-state index contributed by atoms with van der Waals surface area (Å²) in [5.41, 5.74) is 2.80. The van der Waals surface area contributed by atoms with Gasteiger partial charge < -0.3 is 14.7 Å². The number of nitrogens with zero attached hydrogens (tertiary/aromatic N) is 1. The number of ether oxygens (including phenoxy) is 1. The Morgan fingerprint density at radius 3 is 2.29 bits per heavy atom. The number of aromatic hydroxyl groups is 1. The molecule has 1 N–H and O–H groups in total. The molecule has 28 heavy (non-hydrogen) atoms. The molecule has 1 aliphatic rings. The summed E-state index contributed by atoms with van der Waals surface area (Å²) in [6, 6.07) is 14.4. The molecule has 2 aromatic carbocycles. The molecule has 2 aromatic rings. The highest BCUT2D eigenvalue weighted by Crippen LogP contribution is 2.22. The summed E-state index contributed by atoms with van der Waals surface area (Å²) in [7, 11) is 0. The first kappa shape index (κ1) is 19.6. The normalized spacial score (nSPS) is 14.6. The van der Waals surface area contributed by atoms with Crippen LogP contribution in [0.15, 0.2) is 60.7 Å². The SMILES string of the molecule is O=C(/C=C/c1ccc(O)cc1)CC(=O)/C=C/c1ccccc1N1CCOCC1. The number of hydrogen-bond donors (Lipinski definition) is 1. The van der Waals surface area contributed by atoms with Gasteiger partial charge in [-0.3, -0.25) is 9.59 Å². The molecule has 0 aliphatic carbocycles. The van der Waals surface area contributed by atoms with Crippen LogP contribution in [-0.4, -0.2) is 43.0 Å². The van der Waals surface area contributed by atoms with E-state index in [0.29, 0.717) is 13.2 Å². The van der Waals surface area contributed by atoms with Gasteiger partial charge in [0, 0.05) is 18.8 Å². The fraction of sp³-hybridized carbons (Fsp3) is 0.217. The minimum Gasteiger partial charge on any atom is -0.508 e. The molecule has 1 aliphatic heterocycles. The molecule has 0 amide bonds. The summed E-state index contributed by atoms with van der Waals surface area (Å²) in [6.07, 6.45) is 6.08. The van der Waals surface area contributed by atoms with Gasteiger partial charge in [0.2, 0.25) is 0 Å².